The van der Waals surface area contributed by atoms with Gasteiger partial charge in [-0.05, 0) is 63.9 Å². The Morgan fingerprint density at radius 3 is 2.80 bits per heavy atom. The number of pyridine rings is 1. The van der Waals surface area contributed by atoms with Crippen molar-refractivity contribution in [3.8, 4) is 0 Å². The Hall–Kier alpha value is -0.960. The Morgan fingerprint density at radius 1 is 1.36 bits per heavy atom. The normalized spacial score (nSPS) is 16.4. The average Bonchev–Trinajstić information content (AvgIpc) is 2.59. The zero-order chi connectivity index (χ0) is 17.2. The summed E-state index contributed by atoms with van der Waals surface area (Å²) in [5.41, 5.74) is 0.372. The molecule has 0 spiro atoms. The molecule has 2 N–H and O–H groups in total. The van der Waals surface area contributed by atoms with Crippen LogP contribution in [-0.4, -0.2) is 48.6 Å². The van der Waals surface area contributed by atoms with Gasteiger partial charge in [-0.25, -0.2) is 9.38 Å². The maximum Gasteiger partial charge on any atom is 0.191 e. The first-order chi connectivity index (χ1) is 11.7. The number of likely N-dealkylation sites (tertiary alicyclic amines) is 1. The molecule has 0 amide bonds. The standard InChI is InChI=1S/C18H30FN5.HI/c1-3-20-18(23-14-17-16(19)6-4-9-21-17)22-10-5-11-24-12-7-15(2)8-13-24;/h4,6,9,15H,3,5,7-8,10-14H2,1-2H3,(H2,20,22,23);1H. The average molecular weight is 463 g/mol. The third-order valence-electron chi connectivity index (χ3n) is 4.39. The van der Waals surface area contributed by atoms with Crippen molar-refractivity contribution < 1.29 is 4.39 Å². The molecular weight excluding hydrogens is 432 g/mol. The number of piperidine rings is 1. The van der Waals surface area contributed by atoms with Gasteiger partial charge in [0.25, 0.3) is 0 Å². The molecule has 1 saturated heterocycles. The summed E-state index contributed by atoms with van der Waals surface area (Å²) in [6.07, 6.45) is 5.30. The Kier molecular flexibility index (Phi) is 11.0. The molecule has 25 heavy (non-hydrogen) atoms. The Morgan fingerprint density at radius 2 is 2.12 bits per heavy atom. The third-order valence-corrected chi connectivity index (χ3v) is 4.39. The van der Waals surface area contributed by atoms with E-state index in [2.05, 4.69) is 32.4 Å². The van der Waals surface area contributed by atoms with Gasteiger partial charge < -0.3 is 15.5 Å². The van der Waals surface area contributed by atoms with E-state index in [1.54, 1.807) is 12.3 Å². The van der Waals surface area contributed by atoms with E-state index in [-0.39, 0.29) is 36.3 Å². The molecule has 0 bridgehead atoms. The fourth-order valence-corrected chi connectivity index (χ4v) is 2.83. The minimum Gasteiger partial charge on any atom is -0.357 e. The minimum absolute atomic E-state index is 0. The highest BCUT2D eigenvalue weighted by molar-refractivity contribution is 14.0. The van der Waals surface area contributed by atoms with Crippen molar-refractivity contribution in [2.45, 2.75) is 39.7 Å². The predicted octanol–water partition coefficient (Wildman–Crippen LogP) is 3.02. The summed E-state index contributed by atoms with van der Waals surface area (Å²) in [7, 11) is 0. The number of guanidine groups is 1. The van der Waals surface area contributed by atoms with E-state index in [1.807, 2.05) is 6.92 Å². The van der Waals surface area contributed by atoms with Crippen LogP contribution in [0.1, 0.15) is 38.8 Å². The van der Waals surface area contributed by atoms with Gasteiger partial charge in [-0.1, -0.05) is 6.92 Å². The summed E-state index contributed by atoms with van der Waals surface area (Å²) in [5, 5.41) is 6.51. The van der Waals surface area contributed by atoms with E-state index in [1.165, 1.54) is 32.0 Å². The molecule has 1 aromatic heterocycles. The topological polar surface area (TPSA) is 52.6 Å². The molecule has 1 aliphatic rings. The molecule has 7 heteroatoms. The molecule has 2 rings (SSSR count). The number of hydrogen-bond donors (Lipinski definition) is 2. The predicted molar refractivity (Wildman–Crippen MR) is 112 cm³/mol. The van der Waals surface area contributed by atoms with Gasteiger partial charge >= 0.3 is 0 Å². The van der Waals surface area contributed by atoms with Gasteiger partial charge in [-0.15, -0.1) is 24.0 Å². The molecular formula is C18H31FIN5. The second-order valence-corrected chi connectivity index (χ2v) is 6.43. The molecule has 0 aromatic carbocycles. The molecule has 2 heterocycles. The van der Waals surface area contributed by atoms with Crippen LogP contribution < -0.4 is 10.6 Å². The van der Waals surface area contributed by atoms with Gasteiger partial charge in [-0.2, -0.15) is 0 Å². The van der Waals surface area contributed by atoms with Gasteiger partial charge in [0.15, 0.2) is 5.96 Å². The smallest absolute Gasteiger partial charge is 0.191 e. The van der Waals surface area contributed by atoms with Crippen molar-refractivity contribution in [1.29, 1.82) is 0 Å². The zero-order valence-electron chi connectivity index (χ0n) is 15.3. The molecule has 5 nitrogen and oxygen atoms in total. The van der Waals surface area contributed by atoms with Crippen LogP contribution in [0.15, 0.2) is 23.3 Å². The second-order valence-electron chi connectivity index (χ2n) is 6.43. The van der Waals surface area contributed by atoms with E-state index >= 15 is 0 Å². The van der Waals surface area contributed by atoms with Gasteiger partial charge in [0.1, 0.15) is 5.82 Å². The summed E-state index contributed by atoms with van der Waals surface area (Å²) in [4.78, 5) is 11.0. The quantitative estimate of drug-likeness (QED) is 0.283. The van der Waals surface area contributed by atoms with Crippen LogP contribution >= 0.6 is 24.0 Å². The molecule has 0 unspecified atom stereocenters. The molecule has 0 aliphatic carbocycles. The van der Waals surface area contributed by atoms with Crippen LogP contribution in [0.5, 0.6) is 0 Å². The molecule has 0 atom stereocenters. The fraction of sp³-hybridized carbons (Fsp3) is 0.667. The van der Waals surface area contributed by atoms with Crippen molar-refractivity contribution in [1.82, 2.24) is 20.5 Å². The number of nitrogens with one attached hydrogen (secondary N) is 2. The van der Waals surface area contributed by atoms with Crippen LogP contribution in [-0.2, 0) is 6.54 Å². The number of nitrogens with zero attached hydrogens (tertiary/aromatic N) is 3. The Balaban J connectivity index is 0.00000312. The molecule has 142 valence electrons. The van der Waals surface area contributed by atoms with Gasteiger partial charge in [0.2, 0.25) is 0 Å². The van der Waals surface area contributed by atoms with Crippen molar-refractivity contribution >= 4 is 29.9 Å². The van der Waals surface area contributed by atoms with Crippen LogP contribution in [0.4, 0.5) is 4.39 Å². The van der Waals surface area contributed by atoms with Crippen molar-refractivity contribution in [2.24, 2.45) is 10.9 Å². The maximum absolute atomic E-state index is 13.6. The molecule has 1 aliphatic heterocycles. The van der Waals surface area contributed by atoms with E-state index in [0.29, 0.717) is 5.69 Å². The highest BCUT2D eigenvalue weighted by Gasteiger charge is 2.14. The lowest BCUT2D eigenvalue weighted by molar-refractivity contribution is 0.191. The van der Waals surface area contributed by atoms with Crippen LogP contribution in [0.2, 0.25) is 0 Å². The largest absolute Gasteiger partial charge is 0.357 e. The van der Waals surface area contributed by atoms with E-state index in [9.17, 15) is 4.39 Å². The summed E-state index contributed by atoms with van der Waals surface area (Å²) < 4.78 is 13.6. The number of aromatic nitrogens is 1. The van der Waals surface area contributed by atoms with Crippen LogP contribution in [0.3, 0.4) is 0 Å². The molecule has 1 aromatic rings. The summed E-state index contributed by atoms with van der Waals surface area (Å²) in [5.74, 6) is 1.28. The number of hydrogen-bond acceptors (Lipinski definition) is 3. The minimum atomic E-state index is -0.309. The van der Waals surface area contributed by atoms with Crippen LogP contribution in [0.25, 0.3) is 0 Å². The molecule has 1 fully saturated rings. The van der Waals surface area contributed by atoms with Crippen molar-refractivity contribution in [3.05, 3.63) is 29.8 Å². The number of halogens is 2. The number of rotatable bonds is 7. The lowest BCUT2D eigenvalue weighted by Gasteiger charge is -2.30. The Labute approximate surface area is 167 Å². The van der Waals surface area contributed by atoms with E-state index in [4.69, 9.17) is 0 Å². The summed E-state index contributed by atoms with van der Waals surface area (Å²) >= 11 is 0. The SMILES string of the molecule is CCNC(=NCc1ncccc1F)NCCCN1CCC(C)CC1.I. The first-order valence-electron chi connectivity index (χ1n) is 9.03. The van der Waals surface area contributed by atoms with Gasteiger partial charge in [-0.3, -0.25) is 4.98 Å². The van der Waals surface area contributed by atoms with Gasteiger partial charge in [0, 0.05) is 19.3 Å². The third kappa shape index (κ3) is 8.31. The fourth-order valence-electron chi connectivity index (χ4n) is 2.83. The van der Waals surface area contributed by atoms with E-state index < -0.39 is 0 Å². The molecule has 0 radical (unpaired) electrons. The second kappa shape index (κ2) is 12.4. The number of aliphatic imine (C=N–C) groups is 1. The first-order valence-corrected chi connectivity index (χ1v) is 9.03. The zero-order valence-corrected chi connectivity index (χ0v) is 17.6. The highest BCUT2D eigenvalue weighted by Crippen LogP contribution is 2.15. The first kappa shape index (κ1) is 22.1. The van der Waals surface area contributed by atoms with Gasteiger partial charge in [0.05, 0.1) is 12.2 Å². The lowest BCUT2D eigenvalue weighted by atomic mass is 9.99. The van der Waals surface area contributed by atoms with Crippen molar-refractivity contribution in [3.63, 3.8) is 0 Å². The lowest BCUT2D eigenvalue weighted by Crippen LogP contribution is -2.39. The summed E-state index contributed by atoms with van der Waals surface area (Å²) in [6.45, 7) is 9.79. The maximum atomic E-state index is 13.6. The highest BCUT2D eigenvalue weighted by atomic mass is 127. The van der Waals surface area contributed by atoms with E-state index in [0.717, 1.165) is 37.9 Å². The Bertz CT molecular complexity index is 518. The van der Waals surface area contributed by atoms with Crippen molar-refractivity contribution in [2.75, 3.05) is 32.7 Å². The van der Waals surface area contributed by atoms with Crippen LogP contribution in [0, 0.1) is 11.7 Å². The monoisotopic (exact) mass is 463 g/mol. The molecule has 0 saturated carbocycles. The summed E-state index contributed by atoms with van der Waals surface area (Å²) in [6, 6.07) is 3.00.